The Morgan fingerprint density at radius 3 is 2.42 bits per heavy atom. The van der Waals surface area contributed by atoms with Crippen LogP contribution >= 0.6 is 15.9 Å². The summed E-state index contributed by atoms with van der Waals surface area (Å²) in [6.07, 6.45) is -0.829. The highest BCUT2D eigenvalue weighted by Gasteiger charge is 2.21. The van der Waals surface area contributed by atoms with Gasteiger partial charge >= 0.3 is 0 Å². The molecule has 0 bridgehead atoms. The van der Waals surface area contributed by atoms with E-state index in [4.69, 9.17) is 0 Å². The molecular formula is C13H20BrNO3S. The van der Waals surface area contributed by atoms with Gasteiger partial charge in [-0.25, -0.2) is 13.1 Å². The molecule has 0 radical (unpaired) electrons. The van der Waals surface area contributed by atoms with E-state index in [0.29, 0.717) is 17.4 Å². The molecule has 1 aromatic rings. The largest absolute Gasteiger partial charge is 0.389 e. The third-order valence-corrected chi connectivity index (χ3v) is 4.79. The van der Waals surface area contributed by atoms with Gasteiger partial charge in [-0.15, -0.1) is 0 Å². The second-order valence-corrected chi connectivity index (χ2v) is 7.22. The molecule has 0 saturated heterocycles. The van der Waals surface area contributed by atoms with Crippen molar-refractivity contribution in [2.24, 2.45) is 5.92 Å². The normalized spacial score (nSPS) is 13.8. The molecule has 0 spiro atoms. The maximum atomic E-state index is 12.2. The molecule has 6 heteroatoms. The second-order valence-electron chi connectivity index (χ2n) is 4.93. The first kappa shape index (κ1) is 16.6. The number of benzene rings is 1. The molecule has 2 N–H and O–H groups in total. The molecule has 0 amide bonds. The summed E-state index contributed by atoms with van der Waals surface area (Å²) in [5, 5.41) is 10.4. The van der Waals surface area contributed by atoms with Crippen LogP contribution < -0.4 is 4.72 Å². The topological polar surface area (TPSA) is 66.4 Å². The Morgan fingerprint density at radius 1 is 1.32 bits per heavy atom. The fraction of sp³-hybridized carbons (Fsp3) is 0.538. The molecule has 108 valence electrons. The van der Waals surface area contributed by atoms with Crippen molar-refractivity contribution in [1.82, 2.24) is 4.72 Å². The molecule has 1 atom stereocenters. The van der Waals surface area contributed by atoms with Gasteiger partial charge in [0.1, 0.15) is 0 Å². The highest BCUT2D eigenvalue weighted by molar-refractivity contribution is 9.08. The van der Waals surface area contributed by atoms with Gasteiger partial charge in [-0.3, -0.25) is 0 Å². The molecule has 1 rings (SSSR count). The highest BCUT2D eigenvalue weighted by atomic mass is 79.9. The van der Waals surface area contributed by atoms with Crippen molar-refractivity contribution >= 4 is 26.0 Å². The zero-order valence-corrected chi connectivity index (χ0v) is 13.8. The highest BCUT2D eigenvalue weighted by Crippen LogP contribution is 2.24. The lowest BCUT2D eigenvalue weighted by molar-refractivity contribution is 0.196. The maximum Gasteiger partial charge on any atom is 0.240 e. The van der Waals surface area contributed by atoms with E-state index in [0.717, 1.165) is 5.56 Å². The predicted octanol–water partition coefficient (Wildman–Crippen LogP) is 2.57. The van der Waals surface area contributed by atoms with Crippen molar-refractivity contribution in [1.29, 1.82) is 0 Å². The Hall–Kier alpha value is -0.430. The van der Waals surface area contributed by atoms with Crippen molar-refractivity contribution < 1.29 is 13.5 Å². The van der Waals surface area contributed by atoms with Gasteiger partial charge in [0.05, 0.1) is 11.0 Å². The quantitative estimate of drug-likeness (QED) is 0.775. The Labute approximate surface area is 123 Å². The third-order valence-electron chi connectivity index (χ3n) is 2.65. The van der Waals surface area contributed by atoms with Gasteiger partial charge in [0.15, 0.2) is 0 Å². The Bertz CT molecular complexity index is 527. The summed E-state index contributed by atoms with van der Waals surface area (Å²) in [6.45, 7) is 5.81. The molecule has 0 saturated carbocycles. The first-order valence-electron chi connectivity index (χ1n) is 6.14. The molecule has 0 aliphatic heterocycles. The van der Waals surface area contributed by atoms with Crippen LogP contribution in [0.1, 0.15) is 38.0 Å². The third kappa shape index (κ3) is 4.56. The van der Waals surface area contributed by atoms with E-state index in [-0.39, 0.29) is 10.8 Å². The maximum absolute atomic E-state index is 12.2. The number of nitrogens with one attached hydrogen (secondary N) is 1. The number of alkyl halides is 1. The summed E-state index contributed by atoms with van der Waals surface area (Å²) in [7, 11) is -3.58. The molecule has 0 aromatic heterocycles. The van der Waals surface area contributed by atoms with Crippen LogP contribution in [0.5, 0.6) is 0 Å². The van der Waals surface area contributed by atoms with Crippen LogP contribution in [0, 0.1) is 5.92 Å². The van der Waals surface area contributed by atoms with Crippen LogP contribution in [0.15, 0.2) is 23.1 Å². The summed E-state index contributed by atoms with van der Waals surface area (Å²) in [4.78, 5) is 0.146. The fourth-order valence-electron chi connectivity index (χ4n) is 1.61. The van der Waals surface area contributed by atoms with Crippen molar-refractivity contribution in [2.45, 2.75) is 37.1 Å². The smallest absolute Gasteiger partial charge is 0.240 e. The van der Waals surface area contributed by atoms with Gasteiger partial charge in [0.2, 0.25) is 10.0 Å². The molecule has 0 fully saturated rings. The van der Waals surface area contributed by atoms with E-state index in [1.807, 2.05) is 13.8 Å². The lowest BCUT2D eigenvalue weighted by Crippen LogP contribution is -2.28. The van der Waals surface area contributed by atoms with Crippen molar-refractivity contribution in [3.63, 3.8) is 0 Å². The van der Waals surface area contributed by atoms with E-state index >= 15 is 0 Å². The van der Waals surface area contributed by atoms with Crippen LogP contribution in [0.2, 0.25) is 0 Å². The molecule has 0 aliphatic rings. The van der Waals surface area contributed by atoms with Crippen molar-refractivity contribution in [2.75, 3.05) is 6.54 Å². The minimum Gasteiger partial charge on any atom is -0.389 e. The van der Waals surface area contributed by atoms with Crippen LogP contribution in [0.4, 0.5) is 0 Å². The number of halogens is 1. The summed E-state index contributed by atoms with van der Waals surface area (Å²) in [5.74, 6) is 0.228. The lowest BCUT2D eigenvalue weighted by atomic mass is 10.1. The molecule has 0 heterocycles. The number of aliphatic hydroxyl groups excluding tert-OH is 1. The molecule has 1 aromatic carbocycles. The number of aliphatic hydroxyl groups is 1. The first-order valence-corrected chi connectivity index (χ1v) is 8.75. The van der Waals surface area contributed by atoms with E-state index in [2.05, 4.69) is 20.7 Å². The zero-order valence-electron chi connectivity index (χ0n) is 11.4. The van der Waals surface area contributed by atoms with Crippen LogP contribution in [-0.2, 0) is 15.4 Å². The SMILES string of the molecule is CC(C)CNS(=O)(=O)c1ccc(CBr)cc1C(C)O. The van der Waals surface area contributed by atoms with Crippen LogP contribution in [0.3, 0.4) is 0 Å². The second kappa shape index (κ2) is 6.83. The predicted molar refractivity (Wildman–Crippen MR) is 79.7 cm³/mol. The van der Waals surface area contributed by atoms with E-state index < -0.39 is 16.1 Å². The van der Waals surface area contributed by atoms with E-state index in [1.165, 1.54) is 0 Å². The van der Waals surface area contributed by atoms with E-state index in [9.17, 15) is 13.5 Å². The minimum atomic E-state index is -3.58. The van der Waals surface area contributed by atoms with Crippen molar-refractivity contribution in [3.05, 3.63) is 29.3 Å². The van der Waals surface area contributed by atoms with Gasteiger partial charge in [-0.2, -0.15) is 0 Å². The van der Waals surface area contributed by atoms with Gasteiger partial charge in [0.25, 0.3) is 0 Å². The molecule has 4 nitrogen and oxygen atoms in total. The Balaban J connectivity index is 3.18. The average molecular weight is 350 g/mol. The first-order chi connectivity index (χ1) is 8.77. The molecule has 19 heavy (non-hydrogen) atoms. The zero-order chi connectivity index (χ0) is 14.6. The number of sulfonamides is 1. The molecule has 1 unspecified atom stereocenters. The van der Waals surface area contributed by atoms with Gasteiger partial charge in [-0.05, 0) is 24.5 Å². The lowest BCUT2D eigenvalue weighted by Gasteiger charge is -2.15. The Kier molecular flexibility index (Phi) is 5.98. The molecular weight excluding hydrogens is 330 g/mol. The summed E-state index contributed by atoms with van der Waals surface area (Å²) in [5.41, 5.74) is 1.35. The van der Waals surface area contributed by atoms with Crippen LogP contribution in [-0.4, -0.2) is 20.1 Å². The van der Waals surface area contributed by atoms with Gasteiger partial charge < -0.3 is 5.11 Å². The Morgan fingerprint density at radius 2 is 1.95 bits per heavy atom. The minimum absolute atomic E-state index is 0.146. The summed E-state index contributed by atoms with van der Waals surface area (Å²) in [6, 6.07) is 5.00. The van der Waals surface area contributed by atoms with Crippen LogP contribution in [0.25, 0.3) is 0 Å². The summed E-state index contributed by atoms with van der Waals surface area (Å²) < 4.78 is 27.0. The monoisotopic (exact) mass is 349 g/mol. The van der Waals surface area contributed by atoms with E-state index in [1.54, 1.807) is 25.1 Å². The fourth-order valence-corrected chi connectivity index (χ4v) is 3.45. The average Bonchev–Trinajstić information content (AvgIpc) is 2.35. The van der Waals surface area contributed by atoms with Gasteiger partial charge in [-0.1, -0.05) is 41.9 Å². The number of hydrogen-bond donors (Lipinski definition) is 2. The van der Waals surface area contributed by atoms with Gasteiger partial charge in [0, 0.05) is 17.4 Å². The molecule has 0 aliphatic carbocycles. The van der Waals surface area contributed by atoms with Crippen molar-refractivity contribution in [3.8, 4) is 0 Å². The number of rotatable bonds is 6. The number of hydrogen-bond acceptors (Lipinski definition) is 3. The standard InChI is InChI=1S/C13H20BrNO3S/c1-9(2)8-15-19(17,18)13-5-4-11(7-14)6-12(13)10(3)16/h4-6,9-10,15-16H,7-8H2,1-3H3. The summed E-state index contributed by atoms with van der Waals surface area (Å²) >= 11 is 3.32.